The monoisotopic (exact) mass is 218 g/mol. The maximum atomic E-state index is 5.23. The lowest BCUT2D eigenvalue weighted by Crippen LogP contribution is -2.10. The van der Waals surface area contributed by atoms with Crippen LogP contribution in [-0.4, -0.2) is 9.97 Å². The van der Waals surface area contributed by atoms with E-state index in [1.165, 1.54) is 0 Å². The molecule has 0 spiro atoms. The second-order valence-electron chi connectivity index (χ2n) is 2.78. The van der Waals surface area contributed by atoms with Gasteiger partial charge in [0.2, 0.25) is 5.95 Å². The summed E-state index contributed by atoms with van der Waals surface area (Å²) in [4.78, 5) is 9.28. The molecule has 1 heterocycles. The highest BCUT2D eigenvalue weighted by Gasteiger charge is 1.99. The van der Waals surface area contributed by atoms with Crippen molar-refractivity contribution in [1.82, 2.24) is 9.97 Å². The number of nitrogen functional groups attached to an aromatic ring is 1. The number of anilines is 1. The van der Waals surface area contributed by atoms with Crippen molar-refractivity contribution in [2.75, 3.05) is 5.43 Å². The molecule has 0 aliphatic carbocycles. The molecule has 76 valence electrons. The molecule has 1 aromatic heterocycles. The number of hydrazine groups is 1. The van der Waals surface area contributed by atoms with Crippen LogP contribution < -0.4 is 11.3 Å². The minimum absolute atomic E-state index is 0.427. The van der Waals surface area contributed by atoms with E-state index in [1.54, 1.807) is 18.0 Å². The van der Waals surface area contributed by atoms with E-state index in [2.05, 4.69) is 15.4 Å². The first kappa shape index (κ1) is 9.95. The van der Waals surface area contributed by atoms with Crippen molar-refractivity contribution in [3.05, 3.63) is 42.6 Å². The van der Waals surface area contributed by atoms with E-state index in [0.717, 1.165) is 9.92 Å². The number of nitrogens with one attached hydrogen (secondary N) is 1. The molecule has 0 unspecified atom stereocenters. The molecule has 0 bridgehead atoms. The summed E-state index contributed by atoms with van der Waals surface area (Å²) in [5, 5.41) is 0.865. The summed E-state index contributed by atoms with van der Waals surface area (Å²) in [6, 6.07) is 11.9. The van der Waals surface area contributed by atoms with Crippen LogP contribution in [0.4, 0.5) is 5.95 Å². The first-order valence-corrected chi connectivity index (χ1v) is 5.23. The van der Waals surface area contributed by atoms with Crippen LogP contribution in [0, 0.1) is 0 Å². The van der Waals surface area contributed by atoms with Gasteiger partial charge in [-0.05, 0) is 18.2 Å². The van der Waals surface area contributed by atoms with E-state index in [0.29, 0.717) is 5.95 Å². The molecule has 0 radical (unpaired) electrons. The molecular formula is C10H10N4S. The summed E-state index contributed by atoms with van der Waals surface area (Å²) in [5.74, 6) is 5.65. The Kier molecular flexibility index (Phi) is 3.16. The highest BCUT2D eigenvalue weighted by atomic mass is 32.2. The van der Waals surface area contributed by atoms with E-state index in [1.807, 2.05) is 36.4 Å². The van der Waals surface area contributed by atoms with Gasteiger partial charge < -0.3 is 0 Å². The Hall–Kier alpha value is -1.59. The fraction of sp³-hybridized carbons (Fsp3) is 0. The van der Waals surface area contributed by atoms with Crippen molar-refractivity contribution in [1.29, 1.82) is 0 Å². The second-order valence-corrected chi connectivity index (χ2v) is 3.87. The molecule has 1 aromatic carbocycles. The molecule has 0 aliphatic heterocycles. The molecule has 0 fully saturated rings. The lowest BCUT2D eigenvalue weighted by atomic mass is 10.4. The van der Waals surface area contributed by atoms with Crippen LogP contribution in [0.15, 0.2) is 52.5 Å². The third-order valence-electron chi connectivity index (χ3n) is 1.72. The fourth-order valence-electron chi connectivity index (χ4n) is 1.08. The van der Waals surface area contributed by atoms with Gasteiger partial charge in [0.1, 0.15) is 5.03 Å². The quantitative estimate of drug-likeness (QED) is 0.468. The zero-order chi connectivity index (χ0) is 10.5. The largest absolute Gasteiger partial charge is 0.292 e. The second kappa shape index (κ2) is 4.77. The molecule has 4 nitrogen and oxygen atoms in total. The summed E-state index contributed by atoms with van der Waals surface area (Å²) < 4.78 is 0. The number of benzene rings is 1. The molecule has 15 heavy (non-hydrogen) atoms. The molecule has 0 atom stereocenters. The third kappa shape index (κ3) is 2.68. The summed E-state index contributed by atoms with van der Waals surface area (Å²) in [6.45, 7) is 0. The Balaban J connectivity index is 2.17. The normalized spacial score (nSPS) is 9.93. The van der Waals surface area contributed by atoms with Crippen molar-refractivity contribution < 1.29 is 0 Å². The van der Waals surface area contributed by atoms with E-state index in [4.69, 9.17) is 5.84 Å². The molecule has 0 saturated heterocycles. The van der Waals surface area contributed by atoms with Gasteiger partial charge in [-0.2, -0.15) is 0 Å². The maximum absolute atomic E-state index is 5.23. The average Bonchev–Trinajstić information content (AvgIpc) is 2.31. The van der Waals surface area contributed by atoms with E-state index < -0.39 is 0 Å². The molecule has 3 N–H and O–H groups in total. The summed E-state index contributed by atoms with van der Waals surface area (Å²) in [7, 11) is 0. The van der Waals surface area contributed by atoms with Crippen LogP contribution in [0.3, 0.4) is 0 Å². The first-order chi connectivity index (χ1) is 7.38. The number of nitrogens with two attached hydrogens (primary N) is 1. The Morgan fingerprint density at radius 2 is 1.93 bits per heavy atom. The fourth-order valence-corrected chi connectivity index (χ4v) is 1.87. The minimum atomic E-state index is 0.427. The SMILES string of the molecule is NNc1nccc(Sc2ccccc2)n1. The van der Waals surface area contributed by atoms with Gasteiger partial charge in [0, 0.05) is 11.1 Å². The number of hydrogen-bond acceptors (Lipinski definition) is 5. The molecule has 0 amide bonds. The first-order valence-electron chi connectivity index (χ1n) is 4.41. The van der Waals surface area contributed by atoms with Gasteiger partial charge in [-0.25, -0.2) is 15.8 Å². The number of rotatable bonds is 3. The number of nitrogens with zero attached hydrogens (tertiary/aromatic N) is 2. The van der Waals surface area contributed by atoms with Crippen LogP contribution in [0.1, 0.15) is 0 Å². The van der Waals surface area contributed by atoms with Crippen molar-refractivity contribution in [3.8, 4) is 0 Å². The molecular weight excluding hydrogens is 208 g/mol. The predicted octanol–water partition coefficient (Wildman–Crippen LogP) is 1.91. The average molecular weight is 218 g/mol. The highest BCUT2D eigenvalue weighted by Crippen LogP contribution is 2.25. The lowest BCUT2D eigenvalue weighted by molar-refractivity contribution is 1.03. The van der Waals surface area contributed by atoms with Crippen molar-refractivity contribution in [2.24, 2.45) is 5.84 Å². The highest BCUT2D eigenvalue weighted by molar-refractivity contribution is 7.99. The van der Waals surface area contributed by atoms with Gasteiger partial charge >= 0.3 is 0 Å². The Morgan fingerprint density at radius 3 is 2.67 bits per heavy atom. The predicted molar refractivity (Wildman–Crippen MR) is 60.4 cm³/mol. The van der Waals surface area contributed by atoms with Crippen molar-refractivity contribution >= 4 is 17.7 Å². The zero-order valence-electron chi connectivity index (χ0n) is 7.92. The zero-order valence-corrected chi connectivity index (χ0v) is 8.74. The summed E-state index contributed by atoms with van der Waals surface area (Å²) >= 11 is 1.57. The molecule has 5 heteroatoms. The van der Waals surface area contributed by atoms with Crippen molar-refractivity contribution in [3.63, 3.8) is 0 Å². The van der Waals surface area contributed by atoms with E-state index in [-0.39, 0.29) is 0 Å². The van der Waals surface area contributed by atoms with Gasteiger partial charge in [-0.15, -0.1) is 0 Å². The van der Waals surface area contributed by atoms with Crippen LogP contribution in [0.5, 0.6) is 0 Å². The van der Waals surface area contributed by atoms with Gasteiger partial charge in [-0.3, -0.25) is 5.43 Å². The molecule has 0 aliphatic rings. The van der Waals surface area contributed by atoms with Crippen LogP contribution >= 0.6 is 11.8 Å². The number of hydrogen-bond donors (Lipinski definition) is 2. The summed E-state index contributed by atoms with van der Waals surface area (Å²) in [6.07, 6.45) is 1.67. The summed E-state index contributed by atoms with van der Waals surface area (Å²) in [5.41, 5.74) is 2.42. The molecule has 0 saturated carbocycles. The Labute approximate surface area is 91.9 Å². The molecule has 2 aromatic rings. The van der Waals surface area contributed by atoms with Crippen LogP contribution in [-0.2, 0) is 0 Å². The minimum Gasteiger partial charge on any atom is -0.292 e. The Morgan fingerprint density at radius 1 is 1.13 bits per heavy atom. The Bertz CT molecular complexity index is 432. The third-order valence-corrected chi connectivity index (χ3v) is 2.67. The van der Waals surface area contributed by atoms with Gasteiger partial charge in [0.25, 0.3) is 0 Å². The standard InChI is InChI=1S/C10H10N4S/c11-14-10-12-7-6-9(13-10)15-8-4-2-1-3-5-8/h1-7H,11H2,(H,12,13,14). The topological polar surface area (TPSA) is 63.8 Å². The molecule has 2 rings (SSSR count). The maximum Gasteiger partial charge on any atom is 0.238 e. The lowest BCUT2D eigenvalue weighted by Gasteiger charge is -2.02. The smallest absolute Gasteiger partial charge is 0.238 e. The van der Waals surface area contributed by atoms with Crippen molar-refractivity contribution in [2.45, 2.75) is 9.92 Å². The van der Waals surface area contributed by atoms with Gasteiger partial charge in [0.15, 0.2) is 0 Å². The van der Waals surface area contributed by atoms with E-state index >= 15 is 0 Å². The van der Waals surface area contributed by atoms with E-state index in [9.17, 15) is 0 Å². The van der Waals surface area contributed by atoms with Crippen LogP contribution in [0.25, 0.3) is 0 Å². The van der Waals surface area contributed by atoms with Gasteiger partial charge in [-0.1, -0.05) is 30.0 Å². The number of aromatic nitrogens is 2. The van der Waals surface area contributed by atoms with Crippen LogP contribution in [0.2, 0.25) is 0 Å². The van der Waals surface area contributed by atoms with Gasteiger partial charge in [0.05, 0.1) is 0 Å².